The van der Waals surface area contributed by atoms with Crippen molar-refractivity contribution in [2.45, 2.75) is 18.4 Å². The van der Waals surface area contributed by atoms with Gasteiger partial charge in [-0.1, -0.05) is 12.2 Å². The van der Waals surface area contributed by atoms with Crippen LogP contribution in [-0.4, -0.2) is 21.8 Å². The third kappa shape index (κ3) is 0.744. The van der Waals surface area contributed by atoms with Crippen LogP contribution in [0.3, 0.4) is 0 Å². The molecule has 60 valence electrons. The van der Waals surface area contributed by atoms with Crippen molar-refractivity contribution in [2.75, 3.05) is 0 Å². The van der Waals surface area contributed by atoms with E-state index in [1.807, 2.05) is 12.2 Å². The molecule has 0 spiro atoms. The smallest absolute Gasteiger partial charge is 0.336 e. The molecule has 2 bridgehead atoms. The molecule has 2 aliphatic carbocycles. The van der Waals surface area contributed by atoms with E-state index in [0.717, 1.165) is 6.42 Å². The molecule has 3 heteroatoms. The maximum Gasteiger partial charge on any atom is 0.336 e. The first-order chi connectivity index (χ1) is 5.13. The van der Waals surface area contributed by atoms with E-state index >= 15 is 0 Å². The van der Waals surface area contributed by atoms with Gasteiger partial charge < -0.3 is 10.2 Å². The summed E-state index contributed by atoms with van der Waals surface area (Å²) in [5.74, 6) is -0.930. The lowest BCUT2D eigenvalue weighted by atomic mass is 9.89. The lowest BCUT2D eigenvalue weighted by Gasteiger charge is -2.24. The van der Waals surface area contributed by atoms with Crippen LogP contribution < -0.4 is 0 Å². The normalized spacial score (nSPS) is 46.6. The molecule has 3 nitrogen and oxygen atoms in total. The van der Waals surface area contributed by atoms with Crippen LogP contribution in [0.15, 0.2) is 12.2 Å². The highest BCUT2D eigenvalue weighted by molar-refractivity contribution is 5.79. The van der Waals surface area contributed by atoms with Crippen molar-refractivity contribution < 1.29 is 15.0 Å². The van der Waals surface area contributed by atoms with E-state index in [9.17, 15) is 9.90 Å². The van der Waals surface area contributed by atoms with Crippen LogP contribution >= 0.6 is 0 Å². The molecular weight excluding hydrogens is 144 g/mol. The first-order valence-electron chi connectivity index (χ1n) is 3.77. The molecule has 11 heavy (non-hydrogen) atoms. The molecule has 0 unspecified atom stereocenters. The van der Waals surface area contributed by atoms with E-state index in [1.165, 1.54) is 0 Å². The Morgan fingerprint density at radius 1 is 1.55 bits per heavy atom. The maximum atomic E-state index is 10.6. The van der Waals surface area contributed by atoms with Crippen molar-refractivity contribution >= 4 is 5.97 Å². The standard InChI is InChI=1S/C8H10O3/c9-7(10)8(11)4-5-1-2-6(8)3-5/h1-2,5-6,11H,3-4H2,(H,9,10)/t5-,6-,8-/m1/s1. The van der Waals surface area contributed by atoms with Crippen molar-refractivity contribution in [3.05, 3.63) is 12.2 Å². The Morgan fingerprint density at radius 3 is 2.55 bits per heavy atom. The molecule has 1 fully saturated rings. The largest absolute Gasteiger partial charge is 0.479 e. The van der Waals surface area contributed by atoms with Crippen molar-refractivity contribution in [3.63, 3.8) is 0 Å². The SMILES string of the molecule is O=C(O)[C@@]1(O)C[C@@H]2C=C[C@@H]1C2. The van der Waals surface area contributed by atoms with Crippen LogP contribution in [0.4, 0.5) is 0 Å². The number of rotatable bonds is 1. The number of aliphatic carboxylic acids is 1. The number of carboxylic acid groups (broad SMARTS) is 1. The molecule has 0 aliphatic heterocycles. The molecule has 2 rings (SSSR count). The molecule has 1 saturated carbocycles. The summed E-state index contributed by atoms with van der Waals surface area (Å²) in [5.41, 5.74) is -1.46. The number of aliphatic hydroxyl groups is 1. The molecule has 0 heterocycles. The van der Waals surface area contributed by atoms with Crippen molar-refractivity contribution in [1.29, 1.82) is 0 Å². The Hall–Kier alpha value is -0.830. The van der Waals surface area contributed by atoms with E-state index < -0.39 is 11.6 Å². The number of carboxylic acids is 1. The minimum atomic E-state index is -1.46. The maximum absolute atomic E-state index is 10.6. The van der Waals surface area contributed by atoms with Gasteiger partial charge in [0.1, 0.15) is 0 Å². The van der Waals surface area contributed by atoms with Gasteiger partial charge in [0.15, 0.2) is 5.60 Å². The van der Waals surface area contributed by atoms with Crippen LogP contribution in [0, 0.1) is 11.8 Å². The van der Waals surface area contributed by atoms with E-state index in [2.05, 4.69) is 0 Å². The van der Waals surface area contributed by atoms with Gasteiger partial charge in [0.05, 0.1) is 0 Å². The lowest BCUT2D eigenvalue weighted by Crippen LogP contribution is -2.42. The van der Waals surface area contributed by atoms with Gasteiger partial charge in [0, 0.05) is 5.92 Å². The minimum absolute atomic E-state index is 0.148. The van der Waals surface area contributed by atoms with Gasteiger partial charge >= 0.3 is 5.97 Å². The quantitative estimate of drug-likeness (QED) is 0.537. The third-order valence-corrected chi connectivity index (χ3v) is 2.73. The fourth-order valence-electron chi connectivity index (χ4n) is 2.08. The van der Waals surface area contributed by atoms with Crippen LogP contribution in [0.25, 0.3) is 0 Å². The summed E-state index contributed by atoms with van der Waals surface area (Å²) in [6.45, 7) is 0. The molecule has 0 amide bonds. The average molecular weight is 154 g/mol. The zero-order chi connectivity index (χ0) is 8.06. The zero-order valence-corrected chi connectivity index (χ0v) is 6.03. The van der Waals surface area contributed by atoms with Crippen LogP contribution in [0.1, 0.15) is 12.8 Å². The summed E-state index contributed by atoms with van der Waals surface area (Å²) in [5, 5.41) is 18.3. The Kier molecular flexibility index (Phi) is 1.16. The molecule has 0 aromatic rings. The minimum Gasteiger partial charge on any atom is -0.479 e. The highest BCUT2D eigenvalue weighted by atomic mass is 16.4. The van der Waals surface area contributed by atoms with Crippen LogP contribution in [0.5, 0.6) is 0 Å². The zero-order valence-electron chi connectivity index (χ0n) is 6.03. The predicted molar refractivity (Wildman–Crippen MR) is 37.9 cm³/mol. The second-order valence-electron chi connectivity index (χ2n) is 3.42. The summed E-state index contributed by atoms with van der Waals surface area (Å²) >= 11 is 0. The third-order valence-electron chi connectivity index (χ3n) is 2.73. The van der Waals surface area contributed by atoms with Gasteiger partial charge in [-0.25, -0.2) is 4.79 Å². The molecule has 0 aromatic heterocycles. The predicted octanol–water partition coefficient (Wildman–Crippen LogP) is 0.398. The Balaban J connectivity index is 2.30. The summed E-state index contributed by atoms with van der Waals surface area (Å²) in [6, 6.07) is 0. The number of hydrogen-bond acceptors (Lipinski definition) is 2. The summed E-state index contributed by atoms with van der Waals surface area (Å²) < 4.78 is 0. The second kappa shape index (κ2) is 1.85. The van der Waals surface area contributed by atoms with Crippen molar-refractivity contribution in [1.82, 2.24) is 0 Å². The average Bonchev–Trinajstić information content (AvgIpc) is 2.45. The van der Waals surface area contributed by atoms with Gasteiger partial charge in [0.25, 0.3) is 0 Å². The number of hydrogen-bond donors (Lipinski definition) is 2. The van der Waals surface area contributed by atoms with Gasteiger partial charge in [0.2, 0.25) is 0 Å². The first kappa shape index (κ1) is 6.85. The summed E-state index contributed by atoms with van der Waals surface area (Å²) in [4.78, 5) is 10.6. The number of carbonyl (C=O) groups is 1. The van der Waals surface area contributed by atoms with Gasteiger partial charge in [-0.3, -0.25) is 0 Å². The molecule has 2 N–H and O–H groups in total. The van der Waals surface area contributed by atoms with Gasteiger partial charge in [-0.05, 0) is 18.8 Å². The van der Waals surface area contributed by atoms with E-state index in [0.29, 0.717) is 12.3 Å². The Bertz CT molecular complexity index is 233. The monoisotopic (exact) mass is 154 g/mol. The van der Waals surface area contributed by atoms with Crippen LogP contribution in [0.2, 0.25) is 0 Å². The topological polar surface area (TPSA) is 57.5 Å². The molecule has 2 aliphatic rings. The molecule has 3 atom stereocenters. The van der Waals surface area contributed by atoms with Crippen molar-refractivity contribution in [3.8, 4) is 0 Å². The molecular formula is C8H10O3. The van der Waals surface area contributed by atoms with E-state index in [1.54, 1.807) is 0 Å². The van der Waals surface area contributed by atoms with Gasteiger partial charge in [-0.15, -0.1) is 0 Å². The fraction of sp³-hybridized carbons (Fsp3) is 0.625. The van der Waals surface area contributed by atoms with E-state index in [4.69, 9.17) is 5.11 Å². The highest BCUT2D eigenvalue weighted by Gasteiger charge is 2.52. The van der Waals surface area contributed by atoms with Crippen LogP contribution in [-0.2, 0) is 4.79 Å². The Labute approximate surface area is 64.3 Å². The Morgan fingerprint density at radius 2 is 2.27 bits per heavy atom. The fourth-order valence-corrected chi connectivity index (χ4v) is 2.08. The first-order valence-corrected chi connectivity index (χ1v) is 3.77. The molecule has 0 saturated heterocycles. The van der Waals surface area contributed by atoms with Crippen molar-refractivity contribution in [2.24, 2.45) is 11.8 Å². The number of fused-ring (bicyclic) bond motifs is 2. The van der Waals surface area contributed by atoms with Gasteiger partial charge in [-0.2, -0.15) is 0 Å². The highest BCUT2D eigenvalue weighted by Crippen LogP contribution is 2.46. The number of allylic oxidation sites excluding steroid dienone is 1. The lowest BCUT2D eigenvalue weighted by molar-refractivity contribution is -0.161. The second-order valence-corrected chi connectivity index (χ2v) is 3.42. The molecule has 0 aromatic carbocycles. The summed E-state index contributed by atoms with van der Waals surface area (Å²) in [7, 11) is 0. The molecule has 0 radical (unpaired) electrons. The van der Waals surface area contributed by atoms with E-state index in [-0.39, 0.29) is 5.92 Å². The summed E-state index contributed by atoms with van der Waals surface area (Å²) in [6.07, 6.45) is 5.02.